The summed E-state index contributed by atoms with van der Waals surface area (Å²) >= 11 is 0. The third kappa shape index (κ3) is 3.99. The number of nitrogens with zero attached hydrogens (tertiary/aromatic N) is 3. The number of aromatic hydroxyl groups is 1. The van der Waals surface area contributed by atoms with Crippen molar-refractivity contribution in [2.75, 3.05) is 11.4 Å². The largest absolute Gasteiger partial charge is 0.504 e. The highest BCUT2D eigenvalue weighted by Crippen LogP contribution is 2.22. The highest BCUT2D eigenvalue weighted by molar-refractivity contribution is 5.95. The van der Waals surface area contributed by atoms with Gasteiger partial charge in [0, 0.05) is 25.2 Å². The van der Waals surface area contributed by atoms with Crippen molar-refractivity contribution in [3.05, 3.63) is 71.5 Å². The molecule has 7 heteroatoms. The van der Waals surface area contributed by atoms with Crippen molar-refractivity contribution in [2.45, 2.75) is 26.3 Å². The van der Waals surface area contributed by atoms with Crippen molar-refractivity contribution in [1.29, 1.82) is 0 Å². The Balaban J connectivity index is 1.41. The maximum atomic E-state index is 12.5. The van der Waals surface area contributed by atoms with Crippen LogP contribution in [0.2, 0.25) is 0 Å². The number of nitrogens with one attached hydrogen (secondary N) is 1. The standard InChI is InChI=1S/C22H22N4O3/c1-15-4-8-18(9-5-15)26-14-19(27)21(24-26)22(29)23-13-16-6-10-17(11-7-16)25-12-2-3-20(25)28/h4-11,14,27H,2-3,12-13H2,1H3,(H,23,29). The van der Waals surface area contributed by atoms with E-state index in [4.69, 9.17) is 0 Å². The molecule has 148 valence electrons. The molecule has 2 aromatic carbocycles. The van der Waals surface area contributed by atoms with Crippen LogP contribution in [-0.2, 0) is 11.3 Å². The molecular weight excluding hydrogens is 368 g/mol. The summed E-state index contributed by atoms with van der Waals surface area (Å²) in [7, 11) is 0. The Kier molecular flexibility index (Phi) is 5.03. The molecule has 1 saturated heterocycles. The first-order chi connectivity index (χ1) is 14.0. The van der Waals surface area contributed by atoms with E-state index in [9.17, 15) is 14.7 Å². The van der Waals surface area contributed by atoms with Crippen LogP contribution in [0.4, 0.5) is 5.69 Å². The van der Waals surface area contributed by atoms with Crippen molar-refractivity contribution >= 4 is 17.5 Å². The lowest BCUT2D eigenvalue weighted by Crippen LogP contribution is -2.24. The molecule has 1 aliphatic heterocycles. The van der Waals surface area contributed by atoms with Gasteiger partial charge in [0.05, 0.1) is 11.9 Å². The second kappa shape index (κ2) is 7.79. The smallest absolute Gasteiger partial charge is 0.275 e. The summed E-state index contributed by atoms with van der Waals surface area (Å²) in [6.07, 6.45) is 2.90. The molecule has 0 unspecified atom stereocenters. The van der Waals surface area contributed by atoms with Crippen LogP contribution < -0.4 is 10.2 Å². The van der Waals surface area contributed by atoms with Crippen LogP contribution in [-0.4, -0.2) is 33.2 Å². The molecule has 1 aromatic heterocycles. The molecule has 4 rings (SSSR count). The van der Waals surface area contributed by atoms with Gasteiger partial charge in [0.1, 0.15) is 0 Å². The summed E-state index contributed by atoms with van der Waals surface area (Å²) < 4.78 is 1.48. The Hall–Kier alpha value is -3.61. The number of carbonyl (C=O) groups is 2. The Morgan fingerprint density at radius 2 is 1.79 bits per heavy atom. The molecule has 2 heterocycles. The number of aromatic nitrogens is 2. The van der Waals surface area contributed by atoms with Crippen molar-refractivity contribution in [3.8, 4) is 11.4 Å². The minimum atomic E-state index is -0.452. The van der Waals surface area contributed by atoms with E-state index in [-0.39, 0.29) is 17.4 Å². The molecule has 0 atom stereocenters. The molecule has 2 amide bonds. The number of amides is 2. The van der Waals surface area contributed by atoms with Gasteiger partial charge in [0.25, 0.3) is 5.91 Å². The van der Waals surface area contributed by atoms with Crippen LogP contribution in [0.25, 0.3) is 5.69 Å². The Bertz CT molecular complexity index is 1040. The summed E-state index contributed by atoms with van der Waals surface area (Å²) in [6, 6.07) is 15.1. The molecule has 0 aliphatic carbocycles. The van der Waals surface area contributed by atoms with Gasteiger partial charge in [-0.1, -0.05) is 29.8 Å². The number of rotatable bonds is 5. The van der Waals surface area contributed by atoms with E-state index in [1.165, 1.54) is 10.9 Å². The first-order valence-corrected chi connectivity index (χ1v) is 9.54. The average molecular weight is 390 g/mol. The van der Waals surface area contributed by atoms with Gasteiger partial charge < -0.3 is 15.3 Å². The van der Waals surface area contributed by atoms with E-state index in [1.807, 2.05) is 55.5 Å². The summed E-state index contributed by atoms with van der Waals surface area (Å²) in [5, 5.41) is 17.1. The van der Waals surface area contributed by atoms with Crippen molar-refractivity contribution in [3.63, 3.8) is 0 Å². The molecule has 3 aromatic rings. The molecule has 0 bridgehead atoms. The second-order valence-corrected chi connectivity index (χ2v) is 7.14. The summed E-state index contributed by atoms with van der Waals surface area (Å²) in [5.74, 6) is -0.483. The van der Waals surface area contributed by atoms with Crippen LogP contribution in [0.15, 0.2) is 54.7 Å². The minimum absolute atomic E-state index is 0.0233. The average Bonchev–Trinajstić information content (AvgIpc) is 3.33. The number of benzene rings is 2. The van der Waals surface area contributed by atoms with Gasteiger partial charge in [-0.05, 0) is 43.2 Å². The molecule has 0 saturated carbocycles. The predicted molar refractivity (Wildman–Crippen MR) is 109 cm³/mol. The van der Waals surface area contributed by atoms with Crippen LogP contribution in [0.3, 0.4) is 0 Å². The molecule has 29 heavy (non-hydrogen) atoms. The number of aryl methyl sites for hydroxylation is 1. The number of carbonyl (C=O) groups excluding carboxylic acids is 2. The van der Waals surface area contributed by atoms with Crippen molar-refractivity contribution < 1.29 is 14.7 Å². The first kappa shape index (κ1) is 18.7. The van der Waals surface area contributed by atoms with Crippen molar-refractivity contribution in [1.82, 2.24) is 15.1 Å². The van der Waals surface area contributed by atoms with Crippen LogP contribution in [0, 0.1) is 6.92 Å². The first-order valence-electron chi connectivity index (χ1n) is 9.54. The zero-order valence-electron chi connectivity index (χ0n) is 16.1. The van der Waals surface area contributed by atoms with Crippen molar-refractivity contribution in [2.24, 2.45) is 0 Å². The number of hydrogen-bond acceptors (Lipinski definition) is 4. The maximum Gasteiger partial charge on any atom is 0.275 e. The van der Waals surface area contributed by atoms with E-state index in [2.05, 4.69) is 10.4 Å². The van der Waals surface area contributed by atoms with Crippen LogP contribution >= 0.6 is 0 Å². The predicted octanol–water partition coefficient (Wildman–Crippen LogP) is 2.94. The summed E-state index contributed by atoms with van der Waals surface area (Å²) in [5.41, 5.74) is 3.62. The van der Waals surface area contributed by atoms with Gasteiger partial charge in [0.2, 0.25) is 5.91 Å². The normalized spacial score (nSPS) is 13.7. The molecular formula is C22H22N4O3. The van der Waals surface area contributed by atoms with Crippen LogP contribution in [0.5, 0.6) is 5.75 Å². The lowest BCUT2D eigenvalue weighted by molar-refractivity contribution is -0.117. The van der Waals surface area contributed by atoms with E-state index in [0.29, 0.717) is 13.0 Å². The minimum Gasteiger partial charge on any atom is -0.504 e. The summed E-state index contributed by atoms with van der Waals surface area (Å²) in [6.45, 7) is 3.03. The molecule has 7 nitrogen and oxygen atoms in total. The van der Waals surface area contributed by atoms with Gasteiger partial charge in [-0.2, -0.15) is 5.10 Å². The van der Waals surface area contributed by atoms with Gasteiger partial charge in [-0.15, -0.1) is 0 Å². The topological polar surface area (TPSA) is 87.5 Å². The molecule has 2 N–H and O–H groups in total. The Morgan fingerprint density at radius 3 is 2.45 bits per heavy atom. The number of hydrogen-bond donors (Lipinski definition) is 2. The molecule has 1 aliphatic rings. The fourth-order valence-electron chi connectivity index (χ4n) is 3.34. The van der Waals surface area contributed by atoms with Gasteiger partial charge in [-0.25, -0.2) is 4.68 Å². The lowest BCUT2D eigenvalue weighted by Gasteiger charge is -2.16. The van der Waals surface area contributed by atoms with E-state index in [1.54, 1.807) is 4.90 Å². The van der Waals surface area contributed by atoms with Crippen LogP contribution in [0.1, 0.15) is 34.5 Å². The highest BCUT2D eigenvalue weighted by Gasteiger charge is 2.21. The fourth-order valence-corrected chi connectivity index (χ4v) is 3.34. The Morgan fingerprint density at radius 1 is 1.10 bits per heavy atom. The van der Waals surface area contributed by atoms with Gasteiger partial charge in [-0.3, -0.25) is 9.59 Å². The zero-order chi connectivity index (χ0) is 20.4. The highest BCUT2D eigenvalue weighted by atomic mass is 16.3. The summed E-state index contributed by atoms with van der Waals surface area (Å²) in [4.78, 5) is 26.1. The lowest BCUT2D eigenvalue weighted by atomic mass is 10.2. The second-order valence-electron chi connectivity index (χ2n) is 7.14. The van der Waals surface area contributed by atoms with E-state index < -0.39 is 5.91 Å². The van der Waals surface area contributed by atoms with Gasteiger partial charge >= 0.3 is 0 Å². The quantitative estimate of drug-likeness (QED) is 0.701. The molecule has 0 radical (unpaired) electrons. The zero-order valence-corrected chi connectivity index (χ0v) is 16.1. The molecule has 0 spiro atoms. The van der Waals surface area contributed by atoms with E-state index in [0.717, 1.165) is 35.5 Å². The van der Waals surface area contributed by atoms with Gasteiger partial charge in [0.15, 0.2) is 11.4 Å². The van der Waals surface area contributed by atoms with E-state index >= 15 is 0 Å². The Labute approximate surface area is 168 Å². The number of anilines is 1. The maximum absolute atomic E-state index is 12.5. The third-order valence-electron chi connectivity index (χ3n) is 4.98. The molecule has 1 fully saturated rings. The fraction of sp³-hybridized carbons (Fsp3) is 0.227. The SMILES string of the molecule is Cc1ccc(-n2cc(O)c(C(=O)NCc3ccc(N4CCCC4=O)cc3)n2)cc1. The third-order valence-corrected chi connectivity index (χ3v) is 4.98. The monoisotopic (exact) mass is 390 g/mol.